The fourth-order valence-electron chi connectivity index (χ4n) is 2.90. The number of ketones is 1. The van der Waals surface area contributed by atoms with Gasteiger partial charge in [-0.15, -0.1) is 0 Å². The zero-order chi connectivity index (χ0) is 20.2. The molecule has 0 amide bonds. The number of ether oxygens (including phenoxy) is 3. The first-order chi connectivity index (χ1) is 12.8. The van der Waals surface area contributed by atoms with Crippen LogP contribution in [0.15, 0.2) is 18.2 Å². The number of esters is 3. The summed E-state index contributed by atoms with van der Waals surface area (Å²) >= 11 is 5.96. The molecular formula is C18H20ClNO7. The summed E-state index contributed by atoms with van der Waals surface area (Å²) in [7, 11) is 0. The third-order valence-corrected chi connectivity index (χ3v) is 4.27. The summed E-state index contributed by atoms with van der Waals surface area (Å²) in [6.45, 7) is 4.38. The molecule has 0 aromatic heterocycles. The molecule has 0 aliphatic carbocycles. The SMILES string of the molecule is CCOC(=O)C1Nc2cc(Cl)ccc2C(=O)C1(C(=O)OCC)C(=O)OCC. The van der Waals surface area contributed by atoms with Crippen LogP contribution in [0.3, 0.4) is 0 Å². The molecule has 8 nitrogen and oxygen atoms in total. The Bertz CT molecular complexity index is 759. The number of hydrogen-bond donors (Lipinski definition) is 1. The number of carbonyl (C=O) groups is 4. The molecule has 0 saturated heterocycles. The summed E-state index contributed by atoms with van der Waals surface area (Å²) in [6.07, 6.45) is 0. The molecule has 1 N–H and O–H groups in total. The molecule has 1 aromatic rings. The van der Waals surface area contributed by atoms with E-state index in [9.17, 15) is 19.2 Å². The number of fused-ring (bicyclic) bond motifs is 1. The number of benzene rings is 1. The van der Waals surface area contributed by atoms with Gasteiger partial charge in [0.25, 0.3) is 5.41 Å². The Hall–Kier alpha value is -2.61. The zero-order valence-electron chi connectivity index (χ0n) is 15.2. The molecule has 2 rings (SSSR count). The van der Waals surface area contributed by atoms with Crippen molar-refractivity contribution in [2.24, 2.45) is 5.41 Å². The summed E-state index contributed by atoms with van der Waals surface area (Å²) in [5, 5.41) is 3.04. The van der Waals surface area contributed by atoms with Crippen molar-refractivity contribution in [2.75, 3.05) is 25.1 Å². The fraction of sp³-hybridized carbons (Fsp3) is 0.444. The van der Waals surface area contributed by atoms with Gasteiger partial charge in [-0.3, -0.25) is 14.4 Å². The van der Waals surface area contributed by atoms with Crippen LogP contribution in [-0.2, 0) is 28.6 Å². The molecule has 0 fully saturated rings. The van der Waals surface area contributed by atoms with Crippen LogP contribution in [0.5, 0.6) is 0 Å². The van der Waals surface area contributed by atoms with Crippen molar-refractivity contribution < 1.29 is 33.4 Å². The molecule has 1 atom stereocenters. The van der Waals surface area contributed by atoms with Gasteiger partial charge in [-0.2, -0.15) is 0 Å². The van der Waals surface area contributed by atoms with Gasteiger partial charge in [-0.25, -0.2) is 4.79 Å². The van der Waals surface area contributed by atoms with E-state index in [1.807, 2.05) is 0 Å². The van der Waals surface area contributed by atoms with E-state index in [0.29, 0.717) is 5.02 Å². The van der Waals surface area contributed by atoms with Crippen molar-refractivity contribution in [3.8, 4) is 0 Å². The first-order valence-electron chi connectivity index (χ1n) is 8.46. The number of carbonyl (C=O) groups excluding carboxylic acids is 4. The van der Waals surface area contributed by atoms with Gasteiger partial charge >= 0.3 is 17.9 Å². The summed E-state index contributed by atoms with van der Waals surface area (Å²) in [6, 6.07) is 2.56. The number of rotatable bonds is 6. The lowest BCUT2D eigenvalue weighted by atomic mass is 9.70. The molecule has 9 heteroatoms. The minimum atomic E-state index is -2.56. The molecule has 0 saturated carbocycles. The van der Waals surface area contributed by atoms with Crippen molar-refractivity contribution in [1.29, 1.82) is 0 Å². The molecular weight excluding hydrogens is 378 g/mol. The van der Waals surface area contributed by atoms with Crippen LogP contribution in [0.2, 0.25) is 5.02 Å². The third kappa shape index (κ3) is 3.49. The minimum absolute atomic E-state index is 0.0149. The Morgan fingerprint density at radius 2 is 1.59 bits per heavy atom. The second-order valence-electron chi connectivity index (χ2n) is 5.60. The Labute approximate surface area is 161 Å². The molecule has 1 aromatic carbocycles. The van der Waals surface area contributed by atoms with Crippen LogP contribution >= 0.6 is 11.6 Å². The first kappa shape index (κ1) is 20.7. The topological polar surface area (TPSA) is 108 Å². The van der Waals surface area contributed by atoms with Crippen LogP contribution in [0, 0.1) is 5.41 Å². The van der Waals surface area contributed by atoms with Crippen molar-refractivity contribution in [3.63, 3.8) is 0 Å². The predicted octanol–water partition coefficient (Wildman–Crippen LogP) is 1.99. The molecule has 0 bridgehead atoms. The van der Waals surface area contributed by atoms with Crippen LogP contribution in [0.25, 0.3) is 0 Å². The molecule has 0 spiro atoms. The quantitative estimate of drug-likeness (QED) is 0.441. The monoisotopic (exact) mass is 397 g/mol. The largest absolute Gasteiger partial charge is 0.465 e. The lowest BCUT2D eigenvalue weighted by molar-refractivity contribution is -0.173. The second kappa shape index (κ2) is 8.39. The van der Waals surface area contributed by atoms with Crippen LogP contribution < -0.4 is 5.32 Å². The van der Waals surface area contributed by atoms with E-state index in [1.165, 1.54) is 32.0 Å². The molecule has 1 aliphatic rings. The fourth-order valence-corrected chi connectivity index (χ4v) is 3.07. The maximum atomic E-state index is 13.3. The Balaban J connectivity index is 2.74. The first-order valence-corrected chi connectivity index (χ1v) is 8.84. The van der Waals surface area contributed by atoms with E-state index in [1.54, 1.807) is 6.92 Å². The molecule has 0 radical (unpaired) electrons. The summed E-state index contributed by atoms with van der Waals surface area (Å²) in [5.74, 6) is -4.24. The van der Waals surface area contributed by atoms with Crippen LogP contribution in [0.1, 0.15) is 31.1 Å². The van der Waals surface area contributed by atoms with E-state index in [2.05, 4.69) is 5.32 Å². The highest BCUT2D eigenvalue weighted by Crippen LogP contribution is 2.41. The zero-order valence-corrected chi connectivity index (χ0v) is 15.9. The molecule has 1 unspecified atom stereocenters. The van der Waals surface area contributed by atoms with E-state index >= 15 is 0 Å². The van der Waals surface area contributed by atoms with E-state index in [4.69, 9.17) is 25.8 Å². The lowest BCUT2D eigenvalue weighted by Gasteiger charge is -2.38. The standard InChI is InChI=1S/C18H20ClNO7/c1-4-25-15(22)13-18(16(23)26-5-2,17(24)27-6-3)14(21)11-8-7-10(19)9-12(11)20-13/h7-9,13,20H,4-6H2,1-3H3. The number of anilines is 1. The molecule has 1 heterocycles. The highest BCUT2D eigenvalue weighted by molar-refractivity contribution is 6.33. The average Bonchev–Trinajstić information content (AvgIpc) is 2.61. The highest BCUT2D eigenvalue weighted by Gasteiger charge is 2.66. The van der Waals surface area contributed by atoms with Crippen molar-refractivity contribution in [3.05, 3.63) is 28.8 Å². The lowest BCUT2D eigenvalue weighted by Crippen LogP contribution is -2.64. The van der Waals surface area contributed by atoms with Gasteiger partial charge in [0.05, 0.1) is 19.8 Å². The van der Waals surface area contributed by atoms with Gasteiger partial charge < -0.3 is 19.5 Å². The van der Waals surface area contributed by atoms with E-state index < -0.39 is 35.1 Å². The molecule has 1 aliphatic heterocycles. The summed E-state index contributed by atoms with van der Waals surface area (Å²) < 4.78 is 15.0. The van der Waals surface area contributed by atoms with Gasteiger partial charge in [0.15, 0.2) is 11.8 Å². The number of Topliss-reactive ketones (excluding diaryl/α,β-unsaturated/α-hetero) is 1. The van der Waals surface area contributed by atoms with Gasteiger partial charge in [-0.1, -0.05) is 11.6 Å². The van der Waals surface area contributed by atoms with Crippen molar-refractivity contribution in [2.45, 2.75) is 26.8 Å². The Kier molecular flexibility index (Phi) is 6.43. The van der Waals surface area contributed by atoms with Crippen LogP contribution in [0.4, 0.5) is 5.69 Å². The third-order valence-electron chi connectivity index (χ3n) is 4.03. The van der Waals surface area contributed by atoms with E-state index in [0.717, 1.165) is 0 Å². The average molecular weight is 398 g/mol. The van der Waals surface area contributed by atoms with Gasteiger partial charge in [-0.05, 0) is 39.0 Å². The normalized spacial score (nSPS) is 17.3. The number of nitrogens with one attached hydrogen (secondary N) is 1. The van der Waals surface area contributed by atoms with Crippen LogP contribution in [-0.4, -0.2) is 49.6 Å². The maximum Gasteiger partial charge on any atom is 0.334 e. The number of hydrogen-bond acceptors (Lipinski definition) is 8. The van der Waals surface area contributed by atoms with Crippen molar-refractivity contribution >= 4 is 41.0 Å². The minimum Gasteiger partial charge on any atom is -0.465 e. The predicted molar refractivity (Wildman–Crippen MR) is 95.5 cm³/mol. The second-order valence-corrected chi connectivity index (χ2v) is 6.03. The molecule has 27 heavy (non-hydrogen) atoms. The van der Waals surface area contributed by atoms with Gasteiger partial charge in [0, 0.05) is 16.3 Å². The summed E-state index contributed by atoms with van der Waals surface area (Å²) in [4.78, 5) is 51.5. The van der Waals surface area contributed by atoms with E-state index in [-0.39, 0.29) is 31.1 Å². The smallest absolute Gasteiger partial charge is 0.334 e. The number of halogens is 1. The molecule has 146 valence electrons. The van der Waals surface area contributed by atoms with Gasteiger partial charge in [0.1, 0.15) is 0 Å². The summed E-state index contributed by atoms with van der Waals surface area (Å²) in [5.41, 5.74) is -2.34. The Morgan fingerprint density at radius 1 is 1.04 bits per heavy atom. The van der Waals surface area contributed by atoms with Crippen molar-refractivity contribution in [1.82, 2.24) is 0 Å². The Morgan fingerprint density at radius 3 is 2.11 bits per heavy atom. The highest BCUT2D eigenvalue weighted by atomic mass is 35.5. The van der Waals surface area contributed by atoms with Gasteiger partial charge in [0.2, 0.25) is 0 Å². The maximum absolute atomic E-state index is 13.3.